The zero-order valence-electron chi connectivity index (χ0n) is 14.5. The molecule has 0 aliphatic heterocycles. The Morgan fingerprint density at radius 2 is 1.81 bits per heavy atom. The summed E-state index contributed by atoms with van der Waals surface area (Å²) in [5.41, 5.74) is 0.360. The van der Waals surface area contributed by atoms with Crippen molar-refractivity contribution in [3.05, 3.63) is 76.4 Å². The van der Waals surface area contributed by atoms with E-state index in [0.717, 1.165) is 6.07 Å². The number of hydrogen-bond donors (Lipinski definition) is 0. The molecule has 0 N–H and O–H groups in total. The topological polar surface area (TPSA) is 76.8 Å². The Labute approximate surface area is 153 Å². The molecule has 3 aromatic rings. The molecule has 138 valence electrons. The van der Waals surface area contributed by atoms with Crippen molar-refractivity contribution in [1.82, 2.24) is 0 Å². The molecule has 1 heterocycles. The van der Waals surface area contributed by atoms with Gasteiger partial charge in [-0.25, -0.2) is 9.18 Å². The fourth-order valence-corrected chi connectivity index (χ4v) is 2.60. The van der Waals surface area contributed by atoms with Gasteiger partial charge in [-0.2, -0.15) is 0 Å². The molecule has 0 spiro atoms. The van der Waals surface area contributed by atoms with Gasteiger partial charge in [-0.1, -0.05) is 12.1 Å². The van der Waals surface area contributed by atoms with Crippen LogP contribution in [-0.4, -0.2) is 25.0 Å². The zero-order chi connectivity index (χ0) is 19.4. The Morgan fingerprint density at radius 3 is 2.52 bits per heavy atom. The van der Waals surface area contributed by atoms with Gasteiger partial charge in [0.05, 0.1) is 5.39 Å². The molecule has 0 aliphatic rings. The number of para-hydroxylation sites is 1. The van der Waals surface area contributed by atoms with Crippen LogP contribution in [0.4, 0.5) is 10.1 Å². The molecule has 6 nitrogen and oxygen atoms in total. The zero-order valence-corrected chi connectivity index (χ0v) is 14.5. The van der Waals surface area contributed by atoms with Crippen LogP contribution in [0.5, 0.6) is 0 Å². The number of amides is 1. The minimum Gasteiger partial charge on any atom is -0.450 e. The Hall–Kier alpha value is -3.48. The second kappa shape index (κ2) is 7.82. The molecule has 0 atom stereocenters. The molecule has 0 saturated heterocycles. The molecule has 0 aliphatic carbocycles. The molecule has 1 amide bonds. The number of hydrogen-bond acceptors (Lipinski definition) is 5. The van der Waals surface area contributed by atoms with Crippen molar-refractivity contribution < 1.29 is 23.1 Å². The van der Waals surface area contributed by atoms with Crippen molar-refractivity contribution in [3.8, 4) is 0 Å². The molecule has 0 saturated carbocycles. The van der Waals surface area contributed by atoms with E-state index in [4.69, 9.17) is 9.15 Å². The lowest BCUT2D eigenvalue weighted by molar-refractivity contribution is -0.121. The van der Waals surface area contributed by atoms with Crippen molar-refractivity contribution in [2.24, 2.45) is 0 Å². The maximum atomic E-state index is 13.0. The molecule has 0 bridgehead atoms. The predicted octanol–water partition coefficient (Wildman–Crippen LogP) is 3.14. The minimum absolute atomic E-state index is 0.254. The van der Waals surface area contributed by atoms with Crippen LogP contribution in [0, 0.1) is 5.82 Å². The van der Waals surface area contributed by atoms with Crippen molar-refractivity contribution in [2.45, 2.75) is 6.92 Å². The molecule has 2 aromatic carbocycles. The second-order valence-corrected chi connectivity index (χ2v) is 5.66. The predicted molar refractivity (Wildman–Crippen MR) is 97.2 cm³/mol. The Kier molecular flexibility index (Phi) is 5.30. The van der Waals surface area contributed by atoms with Crippen LogP contribution in [-0.2, 0) is 9.53 Å². The van der Waals surface area contributed by atoms with Crippen LogP contribution in [0.2, 0.25) is 0 Å². The number of ether oxygens (including phenoxy) is 1. The van der Waals surface area contributed by atoms with E-state index in [1.807, 2.05) is 0 Å². The molecular formula is C20H16FNO5. The number of rotatable bonds is 5. The summed E-state index contributed by atoms with van der Waals surface area (Å²) in [4.78, 5) is 37.9. The number of esters is 1. The van der Waals surface area contributed by atoms with E-state index in [-0.39, 0.29) is 16.8 Å². The van der Waals surface area contributed by atoms with Gasteiger partial charge in [0.25, 0.3) is 5.91 Å². The highest BCUT2D eigenvalue weighted by Gasteiger charge is 2.19. The Balaban J connectivity index is 1.72. The van der Waals surface area contributed by atoms with Crippen molar-refractivity contribution in [2.75, 3.05) is 18.1 Å². The van der Waals surface area contributed by atoms with E-state index in [1.165, 1.54) is 29.2 Å². The van der Waals surface area contributed by atoms with Gasteiger partial charge >= 0.3 is 5.97 Å². The highest BCUT2D eigenvalue weighted by molar-refractivity contribution is 5.96. The second-order valence-electron chi connectivity index (χ2n) is 5.66. The van der Waals surface area contributed by atoms with Crippen LogP contribution in [0.3, 0.4) is 0 Å². The summed E-state index contributed by atoms with van der Waals surface area (Å²) in [6.07, 6.45) is 0. The fraction of sp³-hybridized carbons (Fsp3) is 0.150. The third kappa shape index (κ3) is 4.03. The molecule has 1 aromatic heterocycles. The standard InChI is InChI=1S/C20H16FNO5/c1-2-22(14-9-7-13(21)8-10-14)19(24)12-26-20(25)18-11-16(23)15-5-3-4-6-17(15)27-18/h3-11H,2,12H2,1H3. The summed E-state index contributed by atoms with van der Waals surface area (Å²) in [5, 5.41) is 0.346. The first kappa shape index (κ1) is 18.3. The Bertz CT molecular complexity index is 1040. The van der Waals surface area contributed by atoms with Crippen molar-refractivity contribution in [3.63, 3.8) is 0 Å². The molecule has 27 heavy (non-hydrogen) atoms. The number of benzene rings is 2. The average Bonchev–Trinajstić information content (AvgIpc) is 2.68. The number of nitrogens with zero attached hydrogens (tertiary/aromatic N) is 1. The van der Waals surface area contributed by atoms with Gasteiger partial charge in [-0.05, 0) is 43.3 Å². The third-order valence-corrected chi connectivity index (χ3v) is 3.92. The van der Waals surface area contributed by atoms with Gasteiger partial charge < -0.3 is 14.1 Å². The quantitative estimate of drug-likeness (QED) is 0.646. The van der Waals surface area contributed by atoms with Gasteiger partial charge in [0.2, 0.25) is 5.76 Å². The maximum absolute atomic E-state index is 13.0. The van der Waals surface area contributed by atoms with Gasteiger partial charge in [-0.15, -0.1) is 0 Å². The first-order valence-electron chi connectivity index (χ1n) is 8.25. The van der Waals surface area contributed by atoms with Gasteiger partial charge in [-0.3, -0.25) is 9.59 Å². The molecule has 7 heteroatoms. The van der Waals surface area contributed by atoms with Gasteiger partial charge in [0, 0.05) is 18.3 Å². The maximum Gasteiger partial charge on any atom is 0.374 e. The van der Waals surface area contributed by atoms with E-state index in [2.05, 4.69) is 0 Å². The summed E-state index contributed by atoms with van der Waals surface area (Å²) in [5.74, 6) is -2.10. The summed E-state index contributed by atoms with van der Waals surface area (Å²) in [7, 11) is 0. The molecule has 3 rings (SSSR count). The molecule has 0 fully saturated rings. The number of likely N-dealkylation sites (N-methyl/N-ethyl adjacent to an activating group) is 1. The van der Waals surface area contributed by atoms with E-state index in [9.17, 15) is 18.8 Å². The van der Waals surface area contributed by atoms with Crippen LogP contribution < -0.4 is 10.3 Å². The van der Waals surface area contributed by atoms with Crippen LogP contribution in [0.15, 0.2) is 63.8 Å². The summed E-state index contributed by atoms with van der Waals surface area (Å²) >= 11 is 0. The van der Waals surface area contributed by atoms with E-state index in [1.54, 1.807) is 31.2 Å². The van der Waals surface area contributed by atoms with Crippen molar-refractivity contribution >= 4 is 28.5 Å². The number of carbonyl (C=O) groups excluding carboxylic acids is 2. The summed E-state index contributed by atoms with van der Waals surface area (Å²) in [6.45, 7) is 1.51. The molecule has 0 radical (unpaired) electrons. The van der Waals surface area contributed by atoms with Crippen molar-refractivity contribution in [1.29, 1.82) is 0 Å². The highest BCUT2D eigenvalue weighted by Crippen LogP contribution is 2.16. The van der Waals surface area contributed by atoms with Crippen LogP contribution >= 0.6 is 0 Å². The monoisotopic (exact) mass is 369 g/mol. The first-order valence-corrected chi connectivity index (χ1v) is 8.25. The lowest BCUT2D eigenvalue weighted by atomic mass is 10.2. The normalized spacial score (nSPS) is 10.6. The first-order chi connectivity index (χ1) is 13.0. The lowest BCUT2D eigenvalue weighted by Gasteiger charge is -2.20. The molecular weight excluding hydrogens is 353 g/mol. The van der Waals surface area contributed by atoms with E-state index >= 15 is 0 Å². The third-order valence-electron chi connectivity index (χ3n) is 3.92. The largest absolute Gasteiger partial charge is 0.450 e. The summed E-state index contributed by atoms with van der Waals surface area (Å²) < 4.78 is 23.4. The van der Waals surface area contributed by atoms with E-state index < -0.39 is 24.3 Å². The SMILES string of the molecule is CCN(C(=O)COC(=O)c1cc(=O)c2ccccc2o1)c1ccc(F)cc1. The smallest absolute Gasteiger partial charge is 0.374 e. The number of carbonyl (C=O) groups is 2. The fourth-order valence-electron chi connectivity index (χ4n) is 2.60. The number of halogens is 1. The van der Waals surface area contributed by atoms with Crippen LogP contribution in [0.1, 0.15) is 17.5 Å². The number of fused-ring (bicyclic) bond motifs is 1. The molecule has 0 unspecified atom stereocenters. The minimum atomic E-state index is -0.915. The average molecular weight is 369 g/mol. The highest BCUT2D eigenvalue weighted by atomic mass is 19.1. The van der Waals surface area contributed by atoms with Crippen LogP contribution in [0.25, 0.3) is 11.0 Å². The number of anilines is 1. The Morgan fingerprint density at radius 1 is 1.11 bits per heavy atom. The lowest BCUT2D eigenvalue weighted by Crippen LogP contribution is -2.34. The van der Waals surface area contributed by atoms with Gasteiger partial charge in [0.1, 0.15) is 11.4 Å². The van der Waals surface area contributed by atoms with Gasteiger partial charge in [0.15, 0.2) is 12.0 Å². The van der Waals surface area contributed by atoms with E-state index in [0.29, 0.717) is 17.6 Å². The summed E-state index contributed by atoms with van der Waals surface area (Å²) in [6, 6.07) is 12.9.